The van der Waals surface area contributed by atoms with Crippen LogP contribution in [0.5, 0.6) is 0 Å². The molecule has 7 heteroatoms. The lowest BCUT2D eigenvalue weighted by molar-refractivity contribution is -0.120. The number of thioether (sulfide) groups is 1. The van der Waals surface area contributed by atoms with Crippen molar-refractivity contribution >= 4 is 17.7 Å². The van der Waals surface area contributed by atoms with Gasteiger partial charge in [0.05, 0.1) is 10.9 Å². The second-order valence-electron chi connectivity index (χ2n) is 6.71. The van der Waals surface area contributed by atoms with Gasteiger partial charge in [0.15, 0.2) is 11.0 Å². The quantitative estimate of drug-likeness (QED) is 0.665. The number of rotatable bonds is 6. The van der Waals surface area contributed by atoms with Gasteiger partial charge in [-0.3, -0.25) is 14.3 Å². The molecule has 4 rings (SSSR count). The van der Waals surface area contributed by atoms with Crippen LogP contribution < -0.4 is 5.32 Å². The van der Waals surface area contributed by atoms with Gasteiger partial charge < -0.3 is 5.32 Å². The Balaban J connectivity index is 1.72. The number of hydrogen-bond donors (Lipinski definition) is 1. The molecule has 1 amide bonds. The fraction of sp³-hybridized carbons (Fsp3) is 0.300. The molecule has 1 fully saturated rings. The van der Waals surface area contributed by atoms with Gasteiger partial charge in [0.1, 0.15) is 0 Å². The van der Waals surface area contributed by atoms with Crippen LogP contribution in [0.1, 0.15) is 25.3 Å². The number of carbonyl (C=O) groups is 1. The maximum absolute atomic E-state index is 12.4. The molecule has 0 spiro atoms. The van der Waals surface area contributed by atoms with Crippen molar-refractivity contribution in [2.45, 2.75) is 43.1 Å². The maximum atomic E-state index is 12.4. The van der Waals surface area contributed by atoms with Crippen molar-refractivity contribution in [3.05, 3.63) is 54.4 Å². The Morgan fingerprint density at radius 1 is 1.22 bits per heavy atom. The molecule has 0 saturated heterocycles. The summed E-state index contributed by atoms with van der Waals surface area (Å²) in [7, 11) is 0. The topological polar surface area (TPSA) is 72.7 Å². The number of nitrogens with one attached hydrogen (secondary N) is 1. The summed E-state index contributed by atoms with van der Waals surface area (Å²) in [4.78, 5) is 16.6. The molecule has 0 radical (unpaired) electrons. The Kier molecular flexibility index (Phi) is 4.94. The van der Waals surface area contributed by atoms with Crippen molar-refractivity contribution in [2.24, 2.45) is 0 Å². The van der Waals surface area contributed by atoms with E-state index in [0.29, 0.717) is 11.2 Å². The zero-order valence-corrected chi connectivity index (χ0v) is 16.1. The Hall–Kier alpha value is -2.67. The lowest BCUT2D eigenvalue weighted by Crippen LogP contribution is -2.32. The summed E-state index contributed by atoms with van der Waals surface area (Å²) in [6.07, 6.45) is 5.66. The van der Waals surface area contributed by atoms with E-state index in [1.807, 2.05) is 41.8 Å². The number of para-hydroxylation sites is 1. The molecule has 3 aromatic rings. The molecular weight excluding hydrogens is 358 g/mol. The van der Waals surface area contributed by atoms with Gasteiger partial charge in [-0.15, -0.1) is 10.2 Å². The van der Waals surface area contributed by atoms with Crippen LogP contribution in [-0.2, 0) is 4.79 Å². The molecule has 1 unspecified atom stereocenters. The predicted octanol–water partition coefficient (Wildman–Crippen LogP) is 3.40. The zero-order valence-electron chi connectivity index (χ0n) is 15.3. The third kappa shape index (κ3) is 3.88. The largest absolute Gasteiger partial charge is 0.352 e. The van der Waals surface area contributed by atoms with Gasteiger partial charge in [-0.05, 0) is 50.5 Å². The summed E-state index contributed by atoms with van der Waals surface area (Å²) >= 11 is 1.42. The number of pyridine rings is 1. The Bertz CT molecular complexity index is 952. The van der Waals surface area contributed by atoms with Crippen molar-refractivity contribution in [2.75, 3.05) is 0 Å². The Labute approximate surface area is 162 Å². The van der Waals surface area contributed by atoms with E-state index in [1.54, 1.807) is 12.4 Å². The monoisotopic (exact) mass is 379 g/mol. The number of nitrogens with zero attached hydrogens (tertiary/aromatic N) is 4. The highest BCUT2D eigenvalue weighted by Gasteiger charge is 2.27. The van der Waals surface area contributed by atoms with Gasteiger partial charge in [-0.25, -0.2) is 0 Å². The highest BCUT2D eigenvalue weighted by molar-refractivity contribution is 8.00. The van der Waals surface area contributed by atoms with E-state index in [2.05, 4.69) is 33.5 Å². The highest BCUT2D eigenvalue weighted by atomic mass is 32.2. The van der Waals surface area contributed by atoms with Crippen molar-refractivity contribution in [1.29, 1.82) is 0 Å². The molecule has 2 aromatic heterocycles. The summed E-state index contributed by atoms with van der Waals surface area (Å²) in [5, 5.41) is 12.3. The molecule has 6 nitrogen and oxygen atoms in total. The van der Waals surface area contributed by atoms with Gasteiger partial charge in [0.25, 0.3) is 0 Å². The lowest BCUT2D eigenvalue weighted by atomic mass is 10.2. The van der Waals surface area contributed by atoms with Crippen LogP contribution in [0.2, 0.25) is 0 Å². The highest BCUT2D eigenvalue weighted by Crippen LogP contribution is 2.31. The molecule has 2 heterocycles. The lowest BCUT2D eigenvalue weighted by Gasteiger charge is -2.15. The van der Waals surface area contributed by atoms with Gasteiger partial charge in [-0.2, -0.15) is 0 Å². The van der Waals surface area contributed by atoms with Crippen LogP contribution in [0.3, 0.4) is 0 Å². The van der Waals surface area contributed by atoms with E-state index in [-0.39, 0.29) is 11.2 Å². The minimum Gasteiger partial charge on any atom is -0.352 e. The van der Waals surface area contributed by atoms with Crippen molar-refractivity contribution in [1.82, 2.24) is 25.1 Å². The molecule has 1 N–H and O–H groups in total. The second-order valence-corrected chi connectivity index (χ2v) is 8.02. The first kappa shape index (κ1) is 17.7. The average Bonchev–Trinajstić information content (AvgIpc) is 3.40. The van der Waals surface area contributed by atoms with Crippen molar-refractivity contribution < 1.29 is 4.79 Å². The number of aryl methyl sites for hydroxylation is 1. The smallest absolute Gasteiger partial charge is 0.233 e. The van der Waals surface area contributed by atoms with Gasteiger partial charge in [0, 0.05) is 24.0 Å². The van der Waals surface area contributed by atoms with Crippen LogP contribution >= 0.6 is 11.8 Å². The molecule has 27 heavy (non-hydrogen) atoms. The fourth-order valence-corrected chi connectivity index (χ4v) is 3.69. The van der Waals surface area contributed by atoms with Crippen molar-refractivity contribution in [3.63, 3.8) is 0 Å². The molecule has 1 aliphatic rings. The van der Waals surface area contributed by atoms with Crippen LogP contribution in [-0.4, -0.2) is 36.9 Å². The molecule has 1 saturated carbocycles. The predicted molar refractivity (Wildman–Crippen MR) is 106 cm³/mol. The molecule has 1 aliphatic carbocycles. The number of aromatic nitrogens is 4. The fourth-order valence-electron chi connectivity index (χ4n) is 2.82. The summed E-state index contributed by atoms with van der Waals surface area (Å²) in [6, 6.07) is 12.3. The summed E-state index contributed by atoms with van der Waals surface area (Å²) in [5.41, 5.74) is 2.99. The molecule has 0 bridgehead atoms. The van der Waals surface area contributed by atoms with E-state index in [1.165, 1.54) is 11.8 Å². The SMILES string of the molecule is Cc1ccccc1-n1c(SC(C)C(=O)NC2CC2)nnc1-c1cccnc1. The van der Waals surface area contributed by atoms with E-state index in [0.717, 1.165) is 35.5 Å². The number of hydrogen-bond acceptors (Lipinski definition) is 5. The standard InChI is InChI=1S/C20H21N5OS/c1-13-6-3-4-8-17(13)25-18(15-7-5-11-21-12-15)23-24-20(25)27-14(2)19(26)22-16-9-10-16/h3-8,11-12,14,16H,9-10H2,1-2H3,(H,22,26). The van der Waals surface area contributed by atoms with E-state index < -0.39 is 0 Å². The zero-order chi connectivity index (χ0) is 18.8. The molecule has 138 valence electrons. The third-order valence-corrected chi connectivity index (χ3v) is 5.53. The molecule has 1 atom stereocenters. The molecule has 0 aliphatic heterocycles. The van der Waals surface area contributed by atoms with Crippen LogP contribution in [0.25, 0.3) is 17.1 Å². The minimum absolute atomic E-state index is 0.0461. The number of carbonyl (C=O) groups excluding carboxylic acids is 1. The first-order valence-electron chi connectivity index (χ1n) is 9.02. The van der Waals surface area contributed by atoms with Gasteiger partial charge >= 0.3 is 0 Å². The minimum atomic E-state index is -0.251. The molecule has 1 aromatic carbocycles. The second kappa shape index (κ2) is 7.52. The van der Waals surface area contributed by atoms with Gasteiger partial charge in [0.2, 0.25) is 5.91 Å². The van der Waals surface area contributed by atoms with Crippen LogP contribution in [0.15, 0.2) is 53.9 Å². The summed E-state index contributed by atoms with van der Waals surface area (Å²) in [6.45, 7) is 3.96. The first-order valence-corrected chi connectivity index (χ1v) is 9.90. The summed E-state index contributed by atoms with van der Waals surface area (Å²) < 4.78 is 2.01. The number of amides is 1. The third-order valence-electron chi connectivity index (χ3n) is 4.48. The van der Waals surface area contributed by atoms with Crippen LogP contribution in [0, 0.1) is 6.92 Å². The Morgan fingerprint density at radius 3 is 2.74 bits per heavy atom. The average molecular weight is 379 g/mol. The Morgan fingerprint density at radius 2 is 2.04 bits per heavy atom. The molecular formula is C20H21N5OS. The summed E-state index contributed by atoms with van der Waals surface area (Å²) in [5.74, 6) is 0.763. The van der Waals surface area contributed by atoms with Crippen LogP contribution in [0.4, 0.5) is 0 Å². The normalized spacial score (nSPS) is 14.7. The van der Waals surface area contributed by atoms with Gasteiger partial charge in [-0.1, -0.05) is 30.0 Å². The van der Waals surface area contributed by atoms with E-state index in [9.17, 15) is 4.79 Å². The van der Waals surface area contributed by atoms with E-state index in [4.69, 9.17) is 0 Å². The number of benzene rings is 1. The first-order chi connectivity index (χ1) is 13.1. The maximum Gasteiger partial charge on any atom is 0.233 e. The van der Waals surface area contributed by atoms with Crippen molar-refractivity contribution in [3.8, 4) is 17.1 Å². The van der Waals surface area contributed by atoms with E-state index >= 15 is 0 Å².